The normalized spacial score (nSPS) is 20.9. The number of amides is 2. The van der Waals surface area contributed by atoms with Gasteiger partial charge in [0.25, 0.3) is 0 Å². The summed E-state index contributed by atoms with van der Waals surface area (Å²) in [7, 11) is 3.64. The maximum Gasteiger partial charge on any atom is 0.245 e. The molecule has 1 aromatic rings. The lowest BCUT2D eigenvalue weighted by Gasteiger charge is -2.48. The van der Waals surface area contributed by atoms with Crippen molar-refractivity contribution >= 4 is 17.5 Å². The van der Waals surface area contributed by atoms with Gasteiger partial charge in [-0.2, -0.15) is 0 Å². The third-order valence-corrected chi connectivity index (χ3v) is 5.91. The number of nitrogens with one attached hydrogen (secondary N) is 2. The number of hydrogen-bond donors (Lipinski definition) is 2. The monoisotopic (exact) mass is 374 g/mol. The standard InChI is InChI=1S/C20H30N4O3/c1-4-17(22-15-6-5-7-16(14-15)27-3)18(25)24-11-8-20(9-12-24)19(26)21-10-13-23(20)2/h5-7,14,17,22H,4,8-13H2,1-3H3,(H,21,26)/t17-/m1/s1. The van der Waals surface area contributed by atoms with Crippen LogP contribution in [0.25, 0.3) is 0 Å². The Bertz CT molecular complexity index is 686. The van der Waals surface area contributed by atoms with E-state index in [4.69, 9.17) is 4.74 Å². The summed E-state index contributed by atoms with van der Waals surface area (Å²) in [6.45, 7) is 4.76. The highest BCUT2D eigenvalue weighted by molar-refractivity contribution is 5.88. The fourth-order valence-corrected chi connectivity index (χ4v) is 4.07. The SMILES string of the molecule is CC[C@@H](Nc1cccc(OC)c1)C(=O)N1CCC2(CC1)C(=O)NCCN2C. The van der Waals surface area contributed by atoms with Crippen LogP contribution in [0.3, 0.4) is 0 Å². The molecule has 0 radical (unpaired) electrons. The number of hydrogen-bond acceptors (Lipinski definition) is 5. The van der Waals surface area contributed by atoms with Crippen molar-refractivity contribution in [2.75, 3.05) is 45.7 Å². The van der Waals surface area contributed by atoms with E-state index in [2.05, 4.69) is 15.5 Å². The molecule has 2 heterocycles. The van der Waals surface area contributed by atoms with Gasteiger partial charge in [-0.25, -0.2) is 0 Å². The maximum absolute atomic E-state index is 13.0. The van der Waals surface area contributed by atoms with Crippen molar-refractivity contribution in [1.82, 2.24) is 15.1 Å². The van der Waals surface area contributed by atoms with E-state index < -0.39 is 5.54 Å². The molecule has 0 bridgehead atoms. The minimum Gasteiger partial charge on any atom is -0.497 e. The molecule has 1 spiro atoms. The predicted molar refractivity (Wildman–Crippen MR) is 105 cm³/mol. The lowest BCUT2D eigenvalue weighted by Crippen LogP contribution is -2.67. The van der Waals surface area contributed by atoms with Crippen LogP contribution < -0.4 is 15.4 Å². The summed E-state index contributed by atoms with van der Waals surface area (Å²) in [5.41, 5.74) is 0.408. The Morgan fingerprint density at radius 3 is 2.70 bits per heavy atom. The molecule has 2 N–H and O–H groups in total. The number of likely N-dealkylation sites (tertiary alicyclic amines) is 1. The number of likely N-dealkylation sites (N-methyl/N-ethyl adjacent to an activating group) is 1. The highest BCUT2D eigenvalue weighted by Gasteiger charge is 2.47. The first kappa shape index (κ1) is 19.5. The number of rotatable bonds is 5. The first-order chi connectivity index (χ1) is 13.0. The fraction of sp³-hybridized carbons (Fsp3) is 0.600. The van der Waals surface area contributed by atoms with E-state index in [0.717, 1.165) is 18.0 Å². The summed E-state index contributed by atoms with van der Waals surface area (Å²) < 4.78 is 5.25. The Hall–Kier alpha value is -2.28. The number of ether oxygens (including phenoxy) is 1. The van der Waals surface area contributed by atoms with E-state index in [9.17, 15) is 9.59 Å². The van der Waals surface area contributed by atoms with Gasteiger partial charge in [0.05, 0.1) is 7.11 Å². The minimum absolute atomic E-state index is 0.0917. The number of carbonyl (C=O) groups is 2. The van der Waals surface area contributed by atoms with Gasteiger partial charge in [0.2, 0.25) is 11.8 Å². The van der Waals surface area contributed by atoms with E-state index in [-0.39, 0.29) is 17.9 Å². The largest absolute Gasteiger partial charge is 0.497 e. The van der Waals surface area contributed by atoms with Crippen LogP contribution in [-0.2, 0) is 9.59 Å². The number of piperidine rings is 1. The quantitative estimate of drug-likeness (QED) is 0.813. The highest BCUT2D eigenvalue weighted by Crippen LogP contribution is 2.30. The Balaban J connectivity index is 1.64. The van der Waals surface area contributed by atoms with Gasteiger partial charge in [0, 0.05) is 37.9 Å². The van der Waals surface area contributed by atoms with Gasteiger partial charge in [0.15, 0.2) is 0 Å². The molecule has 0 unspecified atom stereocenters. The summed E-state index contributed by atoms with van der Waals surface area (Å²) in [6, 6.07) is 7.32. The van der Waals surface area contributed by atoms with E-state index in [1.165, 1.54) is 0 Å². The van der Waals surface area contributed by atoms with Crippen LogP contribution in [-0.4, -0.2) is 73.5 Å². The molecule has 148 valence electrons. The van der Waals surface area contributed by atoms with Crippen LogP contribution in [0.4, 0.5) is 5.69 Å². The molecule has 2 saturated heterocycles. The summed E-state index contributed by atoms with van der Waals surface area (Å²) in [6.07, 6.45) is 2.05. The molecule has 2 fully saturated rings. The fourth-order valence-electron chi connectivity index (χ4n) is 4.07. The second-order valence-corrected chi connectivity index (χ2v) is 7.37. The zero-order valence-electron chi connectivity index (χ0n) is 16.5. The Kier molecular flexibility index (Phi) is 5.89. The number of piperazine rings is 1. The number of carbonyl (C=O) groups excluding carboxylic acids is 2. The molecule has 0 aromatic heterocycles. The first-order valence-electron chi connectivity index (χ1n) is 9.69. The van der Waals surface area contributed by atoms with Gasteiger partial charge < -0.3 is 20.3 Å². The van der Waals surface area contributed by atoms with Crippen molar-refractivity contribution in [3.05, 3.63) is 24.3 Å². The molecular weight excluding hydrogens is 344 g/mol. The molecule has 7 heteroatoms. The van der Waals surface area contributed by atoms with E-state index in [1.807, 2.05) is 43.1 Å². The van der Waals surface area contributed by atoms with Gasteiger partial charge in [-0.15, -0.1) is 0 Å². The smallest absolute Gasteiger partial charge is 0.245 e. The Morgan fingerprint density at radius 1 is 1.33 bits per heavy atom. The minimum atomic E-state index is -0.461. The van der Waals surface area contributed by atoms with Crippen molar-refractivity contribution in [2.45, 2.75) is 37.8 Å². The molecule has 1 atom stereocenters. The lowest BCUT2D eigenvalue weighted by atomic mass is 9.83. The Labute approximate surface area is 161 Å². The predicted octanol–water partition coefficient (Wildman–Crippen LogP) is 1.31. The maximum atomic E-state index is 13.0. The van der Waals surface area contributed by atoms with Crippen molar-refractivity contribution in [1.29, 1.82) is 0 Å². The van der Waals surface area contributed by atoms with E-state index in [1.54, 1.807) is 7.11 Å². The van der Waals surface area contributed by atoms with Gasteiger partial charge in [-0.05, 0) is 38.4 Å². The number of anilines is 1. The van der Waals surface area contributed by atoms with Crippen LogP contribution in [0.1, 0.15) is 26.2 Å². The van der Waals surface area contributed by atoms with Crippen LogP contribution in [0.2, 0.25) is 0 Å². The summed E-state index contributed by atoms with van der Waals surface area (Å²) in [4.78, 5) is 29.6. The third-order valence-electron chi connectivity index (χ3n) is 5.91. The average Bonchev–Trinajstić information content (AvgIpc) is 2.70. The second kappa shape index (κ2) is 8.17. The molecule has 1 aromatic carbocycles. The van der Waals surface area contributed by atoms with Crippen molar-refractivity contribution in [3.8, 4) is 5.75 Å². The molecule has 2 amide bonds. The molecule has 27 heavy (non-hydrogen) atoms. The molecule has 2 aliphatic rings. The van der Waals surface area contributed by atoms with Crippen LogP contribution in [0.5, 0.6) is 5.75 Å². The summed E-state index contributed by atoms with van der Waals surface area (Å²) >= 11 is 0. The number of nitrogens with zero attached hydrogens (tertiary/aromatic N) is 2. The molecule has 0 aliphatic carbocycles. The molecule has 7 nitrogen and oxygen atoms in total. The zero-order valence-corrected chi connectivity index (χ0v) is 16.5. The number of methoxy groups -OCH3 is 1. The van der Waals surface area contributed by atoms with E-state index in [0.29, 0.717) is 38.9 Å². The summed E-state index contributed by atoms with van der Waals surface area (Å²) in [5, 5.41) is 6.31. The second-order valence-electron chi connectivity index (χ2n) is 7.37. The van der Waals surface area contributed by atoms with Gasteiger partial charge >= 0.3 is 0 Å². The molecule has 3 rings (SSSR count). The van der Waals surface area contributed by atoms with Crippen LogP contribution in [0, 0.1) is 0 Å². The van der Waals surface area contributed by atoms with Gasteiger partial charge in [-0.1, -0.05) is 13.0 Å². The van der Waals surface area contributed by atoms with Crippen molar-refractivity contribution in [2.24, 2.45) is 0 Å². The first-order valence-corrected chi connectivity index (χ1v) is 9.69. The van der Waals surface area contributed by atoms with Crippen molar-refractivity contribution in [3.63, 3.8) is 0 Å². The van der Waals surface area contributed by atoms with Gasteiger partial charge in [0.1, 0.15) is 17.3 Å². The highest BCUT2D eigenvalue weighted by atomic mass is 16.5. The third kappa shape index (κ3) is 3.88. The lowest BCUT2D eigenvalue weighted by molar-refractivity contribution is -0.145. The van der Waals surface area contributed by atoms with Crippen LogP contribution in [0.15, 0.2) is 24.3 Å². The number of benzene rings is 1. The van der Waals surface area contributed by atoms with Gasteiger partial charge in [-0.3, -0.25) is 14.5 Å². The topological polar surface area (TPSA) is 73.9 Å². The van der Waals surface area contributed by atoms with E-state index >= 15 is 0 Å². The molecular formula is C20H30N4O3. The molecule has 0 saturated carbocycles. The Morgan fingerprint density at radius 2 is 2.07 bits per heavy atom. The molecule has 2 aliphatic heterocycles. The van der Waals surface area contributed by atoms with Crippen molar-refractivity contribution < 1.29 is 14.3 Å². The average molecular weight is 374 g/mol. The van der Waals surface area contributed by atoms with Crippen LogP contribution >= 0.6 is 0 Å². The zero-order chi connectivity index (χ0) is 19.4. The summed E-state index contributed by atoms with van der Waals surface area (Å²) in [5.74, 6) is 0.951.